The van der Waals surface area contributed by atoms with Crippen molar-refractivity contribution in [3.8, 4) is 11.3 Å². The van der Waals surface area contributed by atoms with Crippen LogP contribution in [0.15, 0.2) is 28.9 Å². The molecule has 1 aliphatic rings. The molecule has 3 rings (SSSR count). The second kappa shape index (κ2) is 10.6. The van der Waals surface area contributed by atoms with Gasteiger partial charge in [0, 0.05) is 12.4 Å². The Balaban J connectivity index is 1.69. The Morgan fingerprint density at radius 2 is 1.91 bits per heavy atom. The quantitative estimate of drug-likeness (QED) is 0.475. The maximum Gasteiger partial charge on any atom is 0.408 e. The van der Waals surface area contributed by atoms with Gasteiger partial charge in [-0.3, -0.25) is 9.78 Å². The number of hydrogen-bond acceptors (Lipinski definition) is 7. The molecular weight excluding hydrogens is 440 g/mol. The molecule has 34 heavy (non-hydrogen) atoms. The number of rotatable bonds is 7. The topological polar surface area (TPSA) is 157 Å². The minimum absolute atomic E-state index is 0.0260. The van der Waals surface area contributed by atoms with Gasteiger partial charge in [0.1, 0.15) is 28.7 Å². The lowest BCUT2D eigenvalue weighted by molar-refractivity contribution is -0.125. The van der Waals surface area contributed by atoms with Gasteiger partial charge in [0.25, 0.3) is 0 Å². The molecule has 0 saturated heterocycles. The van der Waals surface area contributed by atoms with Crippen LogP contribution < -0.4 is 16.4 Å². The summed E-state index contributed by atoms with van der Waals surface area (Å²) in [5.74, 6) is -0.684. The number of pyridine rings is 1. The molecule has 0 spiro atoms. The average Bonchev–Trinajstić information content (AvgIpc) is 3.24. The third-order valence-electron chi connectivity index (χ3n) is 5.66. The zero-order valence-electron chi connectivity index (χ0n) is 19.7. The maximum atomic E-state index is 13.0. The summed E-state index contributed by atoms with van der Waals surface area (Å²) < 4.78 is 11.1. The van der Waals surface area contributed by atoms with E-state index in [4.69, 9.17) is 14.9 Å². The molecule has 2 aromatic rings. The van der Waals surface area contributed by atoms with Gasteiger partial charge in [0.05, 0.1) is 17.8 Å². The van der Waals surface area contributed by atoms with Crippen LogP contribution in [0, 0.1) is 5.92 Å². The molecule has 10 heteroatoms. The summed E-state index contributed by atoms with van der Waals surface area (Å²) in [5, 5.41) is 14.8. The second-order valence-corrected chi connectivity index (χ2v) is 9.46. The van der Waals surface area contributed by atoms with Crippen molar-refractivity contribution in [3.05, 3.63) is 35.9 Å². The van der Waals surface area contributed by atoms with Crippen LogP contribution in [0.5, 0.6) is 0 Å². The predicted octanol–water partition coefficient (Wildman–Crippen LogP) is 3.71. The molecule has 2 heterocycles. The standard InChI is InChI=1S/C24H32N4O6/c1-24(2,3)34-23(32)28-20(14-7-5-4-6-8-14)21(29)27-11-15-9-10-18(33-15)16-12-26-13-17(19(16)25)22(30)31/h9-10,12-14,20H,4-8,11H2,1-3H3,(H2,25,26)(H,27,29)(H,28,32)(H,30,31)/t20-/m0/s1. The van der Waals surface area contributed by atoms with Gasteiger partial charge in [-0.1, -0.05) is 19.3 Å². The molecule has 0 aliphatic heterocycles. The SMILES string of the molecule is CC(C)(C)OC(=O)N[C@H](C(=O)NCc1ccc(-c2cncc(C(=O)O)c2N)o1)C1CCCCC1. The number of nitrogens with two attached hydrogens (primary N) is 1. The van der Waals surface area contributed by atoms with E-state index in [1.165, 1.54) is 12.4 Å². The summed E-state index contributed by atoms with van der Waals surface area (Å²) in [6, 6.07) is 2.59. The Morgan fingerprint density at radius 3 is 2.56 bits per heavy atom. The summed E-state index contributed by atoms with van der Waals surface area (Å²) in [5.41, 5.74) is 5.57. The van der Waals surface area contributed by atoms with E-state index < -0.39 is 23.7 Å². The van der Waals surface area contributed by atoms with Crippen LogP contribution in [-0.2, 0) is 16.1 Å². The number of alkyl carbamates (subject to hydrolysis) is 1. The summed E-state index contributed by atoms with van der Waals surface area (Å²) in [7, 11) is 0. The molecule has 0 unspecified atom stereocenters. The molecule has 184 valence electrons. The molecule has 0 aromatic carbocycles. The van der Waals surface area contributed by atoms with E-state index in [1.54, 1.807) is 32.9 Å². The Kier molecular flexibility index (Phi) is 7.80. The lowest BCUT2D eigenvalue weighted by Gasteiger charge is -2.30. The number of nitrogens with one attached hydrogen (secondary N) is 2. The molecular formula is C24H32N4O6. The van der Waals surface area contributed by atoms with E-state index in [1.807, 2.05) is 0 Å². The van der Waals surface area contributed by atoms with Crippen molar-refractivity contribution < 1.29 is 28.6 Å². The molecule has 0 radical (unpaired) electrons. The fourth-order valence-electron chi connectivity index (χ4n) is 4.04. The number of amides is 2. The van der Waals surface area contributed by atoms with Gasteiger partial charge in [-0.05, 0) is 51.7 Å². The molecule has 2 aromatic heterocycles. The van der Waals surface area contributed by atoms with E-state index in [0.29, 0.717) is 17.1 Å². The van der Waals surface area contributed by atoms with Crippen molar-refractivity contribution in [2.45, 2.75) is 71.1 Å². The van der Waals surface area contributed by atoms with Crippen LogP contribution in [0.3, 0.4) is 0 Å². The minimum atomic E-state index is -1.18. The fourth-order valence-corrected chi connectivity index (χ4v) is 4.04. The molecule has 2 amide bonds. The molecule has 5 N–H and O–H groups in total. The predicted molar refractivity (Wildman–Crippen MR) is 125 cm³/mol. The van der Waals surface area contributed by atoms with Crippen molar-refractivity contribution in [2.75, 3.05) is 5.73 Å². The second-order valence-electron chi connectivity index (χ2n) is 9.46. The third kappa shape index (κ3) is 6.49. The van der Waals surface area contributed by atoms with Crippen LogP contribution >= 0.6 is 0 Å². The van der Waals surface area contributed by atoms with Gasteiger partial charge in [-0.15, -0.1) is 0 Å². The van der Waals surface area contributed by atoms with Crippen LogP contribution in [0.25, 0.3) is 11.3 Å². The molecule has 1 saturated carbocycles. The number of carboxylic acid groups (broad SMARTS) is 1. The average molecular weight is 473 g/mol. The zero-order valence-corrected chi connectivity index (χ0v) is 19.7. The van der Waals surface area contributed by atoms with Crippen molar-refractivity contribution in [1.82, 2.24) is 15.6 Å². The van der Waals surface area contributed by atoms with Crippen molar-refractivity contribution in [3.63, 3.8) is 0 Å². The number of hydrogen-bond donors (Lipinski definition) is 4. The summed E-state index contributed by atoms with van der Waals surface area (Å²) in [6.45, 7) is 5.39. The first kappa shape index (κ1) is 25.1. The van der Waals surface area contributed by atoms with Crippen molar-refractivity contribution in [1.29, 1.82) is 0 Å². The van der Waals surface area contributed by atoms with Crippen LogP contribution in [0.2, 0.25) is 0 Å². The largest absolute Gasteiger partial charge is 0.478 e. The number of furan rings is 1. The van der Waals surface area contributed by atoms with Gasteiger partial charge in [0.2, 0.25) is 5.91 Å². The number of anilines is 1. The number of aromatic carboxylic acids is 1. The Morgan fingerprint density at radius 1 is 1.21 bits per heavy atom. The van der Waals surface area contributed by atoms with Crippen LogP contribution in [0.1, 0.15) is 69.0 Å². The monoisotopic (exact) mass is 472 g/mol. The number of carbonyl (C=O) groups excluding carboxylic acids is 2. The number of nitrogen functional groups attached to an aromatic ring is 1. The van der Waals surface area contributed by atoms with E-state index in [0.717, 1.165) is 32.1 Å². The Hall–Kier alpha value is -3.56. The van der Waals surface area contributed by atoms with Crippen LogP contribution in [0.4, 0.5) is 10.5 Å². The molecule has 1 aliphatic carbocycles. The first-order valence-electron chi connectivity index (χ1n) is 11.4. The van der Waals surface area contributed by atoms with Crippen LogP contribution in [-0.4, -0.2) is 39.7 Å². The maximum absolute atomic E-state index is 13.0. The Bertz CT molecular complexity index is 1040. The minimum Gasteiger partial charge on any atom is -0.478 e. The van der Waals surface area contributed by atoms with E-state index >= 15 is 0 Å². The molecule has 10 nitrogen and oxygen atoms in total. The number of aromatic nitrogens is 1. The lowest BCUT2D eigenvalue weighted by Crippen LogP contribution is -2.52. The van der Waals surface area contributed by atoms with Gasteiger partial charge in [-0.2, -0.15) is 0 Å². The van der Waals surface area contributed by atoms with E-state index in [-0.39, 0.29) is 29.6 Å². The van der Waals surface area contributed by atoms with Crippen molar-refractivity contribution in [2.24, 2.45) is 5.92 Å². The molecule has 1 fully saturated rings. The van der Waals surface area contributed by atoms with Crippen molar-refractivity contribution >= 4 is 23.7 Å². The van der Waals surface area contributed by atoms with E-state index in [2.05, 4.69) is 15.6 Å². The number of carbonyl (C=O) groups is 3. The zero-order chi connectivity index (χ0) is 24.9. The molecule has 0 bridgehead atoms. The van der Waals surface area contributed by atoms with Gasteiger partial charge >= 0.3 is 12.1 Å². The number of ether oxygens (including phenoxy) is 1. The fraction of sp³-hybridized carbons (Fsp3) is 0.500. The third-order valence-corrected chi connectivity index (χ3v) is 5.66. The van der Waals surface area contributed by atoms with Gasteiger partial charge in [0.15, 0.2) is 0 Å². The first-order chi connectivity index (χ1) is 16.0. The first-order valence-corrected chi connectivity index (χ1v) is 11.4. The molecule has 1 atom stereocenters. The number of carboxylic acids is 1. The highest BCUT2D eigenvalue weighted by molar-refractivity contribution is 5.97. The Labute approximate surface area is 198 Å². The number of nitrogens with zero attached hydrogens (tertiary/aromatic N) is 1. The smallest absolute Gasteiger partial charge is 0.408 e. The highest BCUT2D eigenvalue weighted by Crippen LogP contribution is 2.30. The highest BCUT2D eigenvalue weighted by atomic mass is 16.6. The summed E-state index contributed by atoms with van der Waals surface area (Å²) in [4.78, 5) is 40.6. The summed E-state index contributed by atoms with van der Waals surface area (Å²) in [6.07, 6.45) is 6.82. The lowest BCUT2D eigenvalue weighted by atomic mass is 9.83. The van der Waals surface area contributed by atoms with Gasteiger partial charge < -0.3 is 30.6 Å². The van der Waals surface area contributed by atoms with E-state index in [9.17, 15) is 19.5 Å². The van der Waals surface area contributed by atoms with Gasteiger partial charge in [-0.25, -0.2) is 9.59 Å². The highest BCUT2D eigenvalue weighted by Gasteiger charge is 2.32. The summed E-state index contributed by atoms with van der Waals surface area (Å²) >= 11 is 0. The normalized spacial score (nSPS) is 15.4.